The van der Waals surface area contributed by atoms with Crippen LogP contribution in [0.1, 0.15) is 13.3 Å². The van der Waals surface area contributed by atoms with E-state index in [4.69, 9.17) is 11.6 Å². The zero-order valence-corrected chi connectivity index (χ0v) is 17.7. The number of nitrogens with zero attached hydrogens (tertiary/aromatic N) is 1. The summed E-state index contributed by atoms with van der Waals surface area (Å²) < 4.78 is 25.9. The van der Waals surface area contributed by atoms with Gasteiger partial charge < -0.3 is 5.32 Å². The first-order valence-corrected chi connectivity index (χ1v) is 11.7. The average molecular weight is 427 g/mol. The molecule has 0 aliphatic heterocycles. The molecular formula is C19H23ClN2O3S2. The first-order chi connectivity index (χ1) is 12.8. The maximum Gasteiger partial charge on any atom is 0.243 e. The Morgan fingerprint density at radius 3 is 2.48 bits per heavy atom. The number of sulfonamides is 1. The van der Waals surface area contributed by atoms with Crippen molar-refractivity contribution in [1.29, 1.82) is 0 Å². The minimum absolute atomic E-state index is 0.323. The van der Waals surface area contributed by atoms with Crippen LogP contribution in [0.2, 0.25) is 5.02 Å². The Kier molecular flexibility index (Phi) is 8.01. The van der Waals surface area contributed by atoms with Crippen LogP contribution >= 0.6 is 23.4 Å². The smallest absolute Gasteiger partial charge is 0.243 e. The molecule has 1 unspecified atom stereocenters. The predicted octanol–water partition coefficient (Wildman–Crippen LogP) is 3.79. The van der Waals surface area contributed by atoms with E-state index in [9.17, 15) is 13.2 Å². The third kappa shape index (κ3) is 6.45. The van der Waals surface area contributed by atoms with Crippen molar-refractivity contribution < 1.29 is 13.2 Å². The van der Waals surface area contributed by atoms with E-state index in [1.165, 1.54) is 0 Å². The summed E-state index contributed by atoms with van der Waals surface area (Å²) in [4.78, 5) is 13.8. The molecule has 0 fully saturated rings. The number of hydrogen-bond donors (Lipinski definition) is 1. The summed E-state index contributed by atoms with van der Waals surface area (Å²) in [6.07, 6.45) is 1.44. The highest BCUT2D eigenvalue weighted by atomic mass is 35.5. The van der Waals surface area contributed by atoms with E-state index in [0.29, 0.717) is 29.4 Å². The lowest BCUT2D eigenvalue weighted by atomic mass is 10.2. The Labute approximate surface area is 170 Å². The number of nitrogens with one attached hydrogen (secondary N) is 1. The minimum Gasteiger partial charge on any atom is -0.353 e. The number of hydrogen-bond acceptors (Lipinski definition) is 4. The largest absolute Gasteiger partial charge is 0.353 e. The third-order valence-corrected chi connectivity index (χ3v) is 6.23. The number of rotatable bonds is 9. The van der Waals surface area contributed by atoms with Crippen LogP contribution in [-0.4, -0.2) is 38.9 Å². The molecule has 2 aromatic carbocycles. The molecule has 0 aromatic heterocycles. The van der Waals surface area contributed by atoms with Crippen LogP contribution in [0.25, 0.3) is 0 Å². The van der Waals surface area contributed by atoms with Gasteiger partial charge in [-0.3, -0.25) is 9.10 Å². The van der Waals surface area contributed by atoms with E-state index in [2.05, 4.69) is 5.32 Å². The second-order valence-corrected chi connectivity index (χ2v) is 9.38. The van der Waals surface area contributed by atoms with Gasteiger partial charge in [0.05, 0.1) is 11.9 Å². The molecule has 2 aromatic rings. The van der Waals surface area contributed by atoms with Crippen LogP contribution in [0.3, 0.4) is 0 Å². The zero-order chi connectivity index (χ0) is 19.9. The number of halogens is 1. The molecule has 0 heterocycles. The number of benzene rings is 2. The van der Waals surface area contributed by atoms with E-state index in [1.54, 1.807) is 43.0 Å². The maximum absolute atomic E-state index is 12.7. The third-order valence-electron chi connectivity index (χ3n) is 3.81. The average Bonchev–Trinajstić information content (AvgIpc) is 2.62. The number of thioether (sulfide) groups is 1. The van der Waals surface area contributed by atoms with Crippen LogP contribution in [0.5, 0.6) is 0 Å². The van der Waals surface area contributed by atoms with Gasteiger partial charge in [0.25, 0.3) is 0 Å². The second-order valence-electron chi connectivity index (χ2n) is 5.92. The first kappa shape index (κ1) is 21.6. The normalized spacial score (nSPS) is 12.4. The van der Waals surface area contributed by atoms with Gasteiger partial charge in [-0.1, -0.05) is 42.8 Å². The minimum atomic E-state index is -3.66. The van der Waals surface area contributed by atoms with Gasteiger partial charge in [0, 0.05) is 22.2 Å². The van der Waals surface area contributed by atoms with Gasteiger partial charge in [-0.25, -0.2) is 8.42 Å². The molecule has 0 radical (unpaired) electrons. The topological polar surface area (TPSA) is 66.5 Å². The lowest BCUT2D eigenvalue weighted by Crippen LogP contribution is -2.49. The Hall–Kier alpha value is -1.70. The molecule has 2 rings (SSSR count). The summed E-state index contributed by atoms with van der Waals surface area (Å²) in [5.41, 5.74) is 0.380. The monoisotopic (exact) mass is 426 g/mol. The number of carbonyl (C=O) groups excluding carboxylic acids is 1. The molecule has 0 bridgehead atoms. The Morgan fingerprint density at radius 1 is 1.19 bits per heavy atom. The molecule has 1 N–H and O–H groups in total. The van der Waals surface area contributed by atoms with Crippen molar-refractivity contribution in [2.24, 2.45) is 0 Å². The zero-order valence-electron chi connectivity index (χ0n) is 15.3. The van der Waals surface area contributed by atoms with Crippen molar-refractivity contribution in [3.63, 3.8) is 0 Å². The maximum atomic E-state index is 12.7. The van der Waals surface area contributed by atoms with Crippen LogP contribution in [0.4, 0.5) is 5.69 Å². The highest BCUT2D eigenvalue weighted by Gasteiger charge is 2.31. The van der Waals surface area contributed by atoms with Crippen molar-refractivity contribution in [3.8, 4) is 0 Å². The van der Waals surface area contributed by atoms with Crippen molar-refractivity contribution in [2.45, 2.75) is 24.3 Å². The Morgan fingerprint density at radius 2 is 1.89 bits per heavy atom. The van der Waals surface area contributed by atoms with E-state index in [0.717, 1.165) is 15.5 Å². The van der Waals surface area contributed by atoms with Gasteiger partial charge in [-0.15, -0.1) is 11.8 Å². The molecule has 1 atom stereocenters. The van der Waals surface area contributed by atoms with E-state index in [1.807, 2.05) is 30.3 Å². The summed E-state index contributed by atoms with van der Waals surface area (Å²) in [5, 5.41) is 3.25. The Bertz CT molecular complexity index is 860. The first-order valence-electron chi connectivity index (χ1n) is 8.53. The van der Waals surface area contributed by atoms with Gasteiger partial charge in [-0.05, 0) is 36.8 Å². The number of anilines is 1. The van der Waals surface area contributed by atoms with Crippen molar-refractivity contribution >= 4 is 45.0 Å². The summed E-state index contributed by atoms with van der Waals surface area (Å²) in [7, 11) is -3.66. The van der Waals surface area contributed by atoms with Gasteiger partial charge >= 0.3 is 0 Å². The molecule has 0 saturated carbocycles. The van der Waals surface area contributed by atoms with E-state index in [-0.39, 0.29) is 5.91 Å². The van der Waals surface area contributed by atoms with Crippen molar-refractivity contribution in [3.05, 3.63) is 59.6 Å². The standard InChI is InChI=1S/C19H23ClN2O3S2/c1-3-18(19(23)21-12-13-26-17-10-5-4-6-11-17)22(27(2,24)25)16-9-7-8-15(20)14-16/h4-11,14,18H,3,12-13H2,1-2H3,(H,21,23). The molecule has 0 saturated heterocycles. The molecule has 0 spiro atoms. The second kappa shape index (κ2) is 10.0. The van der Waals surface area contributed by atoms with Gasteiger partial charge in [-0.2, -0.15) is 0 Å². The highest BCUT2D eigenvalue weighted by molar-refractivity contribution is 7.99. The van der Waals surface area contributed by atoms with Crippen molar-refractivity contribution in [1.82, 2.24) is 5.32 Å². The molecule has 0 aliphatic carbocycles. The molecule has 27 heavy (non-hydrogen) atoms. The molecule has 0 aliphatic rings. The quantitative estimate of drug-likeness (QED) is 0.489. The molecule has 1 amide bonds. The predicted molar refractivity (Wildman–Crippen MR) is 113 cm³/mol. The summed E-state index contributed by atoms with van der Waals surface area (Å²) in [5.74, 6) is 0.374. The van der Waals surface area contributed by atoms with Gasteiger partial charge in [0.2, 0.25) is 15.9 Å². The fraction of sp³-hybridized carbons (Fsp3) is 0.316. The molecule has 5 nitrogen and oxygen atoms in total. The lowest BCUT2D eigenvalue weighted by Gasteiger charge is -2.30. The van der Waals surface area contributed by atoms with Crippen molar-refractivity contribution in [2.75, 3.05) is 22.9 Å². The molecule has 8 heteroatoms. The lowest BCUT2D eigenvalue weighted by molar-refractivity contribution is -0.122. The van der Waals surface area contributed by atoms with Crippen LogP contribution in [0.15, 0.2) is 59.5 Å². The van der Waals surface area contributed by atoms with Gasteiger partial charge in [0.1, 0.15) is 6.04 Å². The van der Waals surface area contributed by atoms with Crippen LogP contribution in [-0.2, 0) is 14.8 Å². The fourth-order valence-electron chi connectivity index (χ4n) is 2.65. The highest BCUT2D eigenvalue weighted by Crippen LogP contribution is 2.25. The Balaban J connectivity index is 2.06. The SMILES string of the molecule is CCC(C(=O)NCCSc1ccccc1)N(c1cccc(Cl)c1)S(C)(=O)=O. The van der Waals surface area contributed by atoms with E-state index >= 15 is 0 Å². The fourth-order valence-corrected chi connectivity index (χ4v) is 4.83. The number of amides is 1. The van der Waals surface area contributed by atoms with Crippen LogP contribution < -0.4 is 9.62 Å². The van der Waals surface area contributed by atoms with E-state index < -0.39 is 16.1 Å². The molecule has 146 valence electrons. The number of carbonyl (C=O) groups is 1. The summed E-state index contributed by atoms with van der Waals surface area (Å²) in [6, 6.07) is 15.6. The van der Waals surface area contributed by atoms with Gasteiger partial charge in [0.15, 0.2) is 0 Å². The molecular weight excluding hydrogens is 404 g/mol. The van der Waals surface area contributed by atoms with Crippen LogP contribution in [0, 0.1) is 0 Å². The summed E-state index contributed by atoms with van der Waals surface area (Å²) >= 11 is 7.63. The summed E-state index contributed by atoms with van der Waals surface area (Å²) in [6.45, 7) is 2.23.